The lowest BCUT2D eigenvalue weighted by Gasteiger charge is -2.12. The zero-order valence-electron chi connectivity index (χ0n) is 20.5. The molecule has 1 heterocycles. The number of carboxylic acids is 1. The molecule has 0 aliphatic rings. The maximum absolute atomic E-state index is 14.5. The van der Waals surface area contributed by atoms with Crippen LogP contribution in [0.2, 0.25) is 0 Å². The number of carboxylic acid groups (broad SMARTS) is 1. The Morgan fingerprint density at radius 3 is 2.51 bits per heavy atom. The van der Waals surface area contributed by atoms with Crippen LogP contribution >= 0.6 is 11.3 Å². The maximum atomic E-state index is 14.5. The molecular formula is C26H26F2N2O6S. The number of halogens is 2. The van der Waals surface area contributed by atoms with Gasteiger partial charge in [0.2, 0.25) is 5.76 Å². The Morgan fingerprint density at radius 2 is 1.89 bits per heavy atom. The summed E-state index contributed by atoms with van der Waals surface area (Å²) in [6.07, 6.45) is 2.30. The van der Waals surface area contributed by atoms with Gasteiger partial charge in [-0.3, -0.25) is 10.1 Å². The van der Waals surface area contributed by atoms with Crippen molar-refractivity contribution in [2.75, 3.05) is 32.8 Å². The summed E-state index contributed by atoms with van der Waals surface area (Å²) in [5.41, 5.74) is 1.30. The number of thiazole rings is 1. The van der Waals surface area contributed by atoms with E-state index in [0.29, 0.717) is 37.2 Å². The average Bonchev–Trinajstić information content (AvgIpc) is 3.34. The SMILES string of the molecule is CCCOCCc1cccc(-c2csc(NC(=O)c3cc(F)c(C=C(OC)C(=O)O)c(F)c3)n2)c1OC. The standard InChI is InChI=1S/C26H26F2N2O6S/c1-4-9-36-10-8-15-6-5-7-17(23(15)35-3)21-14-37-26(29-21)30-24(31)16-11-19(27)18(20(28)12-16)13-22(34-2)25(32)33/h5-7,11-14H,4,8-10H2,1-3H3,(H,32,33)(H,29,30,31). The fourth-order valence-corrected chi connectivity index (χ4v) is 4.18. The van der Waals surface area contributed by atoms with E-state index in [4.69, 9.17) is 14.6 Å². The number of rotatable bonds is 12. The summed E-state index contributed by atoms with van der Waals surface area (Å²) in [5.74, 6) is -4.52. The van der Waals surface area contributed by atoms with E-state index in [-0.39, 0.29) is 10.7 Å². The lowest BCUT2D eigenvalue weighted by atomic mass is 10.0. The number of methoxy groups -OCH3 is 2. The number of amides is 1. The molecule has 0 radical (unpaired) electrons. The van der Waals surface area contributed by atoms with Crippen molar-refractivity contribution in [3.63, 3.8) is 0 Å². The van der Waals surface area contributed by atoms with E-state index >= 15 is 0 Å². The van der Waals surface area contributed by atoms with Crippen molar-refractivity contribution in [3.8, 4) is 17.0 Å². The molecule has 2 N–H and O–H groups in total. The molecule has 0 atom stereocenters. The van der Waals surface area contributed by atoms with Gasteiger partial charge >= 0.3 is 5.97 Å². The molecule has 0 saturated carbocycles. The van der Waals surface area contributed by atoms with Crippen molar-refractivity contribution in [3.05, 3.63) is 69.8 Å². The lowest BCUT2D eigenvalue weighted by Crippen LogP contribution is -2.13. The number of nitrogens with one attached hydrogen (secondary N) is 1. The molecule has 0 spiro atoms. The number of benzene rings is 2. The molecule has 11 heteroatoms. The van der Waals surface area contributed by atoms with Crippen molar-refractivity contribution in [1.82, 2.24) is 4.98 Å². The smallest absolute Gasteiger partial charge is 0.371 e. The molecule has 8 nitrogen and oxygen atoms in total. The number of aliphatic carboxylic acids is 1. The van der Waals surface area contributed by atoms with E-state index in [1.54, 1.807) is 12.5 Å². The van der Waals surface area contributed by atoms with Gasteiger partial charge in [-0.15, -0.1) is 11.3 Å². The van der Waals surface area contributed by atoms with Crippen LogP contribution in [0.15, 0.2) is 41.5 Å². The Hall–Kier alpha value is -3.83. The van der Waals surface area contributed by atoms with Gasteiger partial charge < -0.3 is 19.3 Å². The first-order chi connectivity index (χ1) is 17.8. The number of carbonyl (C=O) groups excluding carboxylic acids is 1. The van der Waals surface area contributed by atoms with E-state index in [2.05, 4.69) is 15.0 Å². The molecule has 0 fully saturated rings. The van der Waals surface area contributed by atoms with Crippen LogP contribution in [0.5, 0.6) is 5.75 Å². The summed E-state index contributed by atoms with van der Waals surface area (Å²) in [7, 11) is 2.63. The molecule has 1 aromatic heterocycles. The molecule has 2 aromatic carbocycles. The van der Waals surface area contributed by atoms with Crippen LogP contribution in [0.1, 0.15) is 34.8 Å². The largest absolute Gasteiger partial charge is 0.496 e. The molecule has 0 unspecified atom stereocenters. The molecular weight excluding hydrogens is 506 g/mol. The van der Waals surface area contributed by atoms with Gasteiger partial charge in [0, 0.05) is 34.8 Å². The second-order valence-electron chi connectivity index (χ2n) is 7.72. The zero-order valence-corrected chi connectivity index (χ0v) is 21.3. The summed E-state index contributed by atoms with van der Waals surface area (Å²) in [6.45, 7) is 3.27. The van der Waals surface area contributed by atoms with Crippen LogP contribution in [0.4, 0.5) is 13.9 Å². The number of carbonyl (C=O) groups is 2. The first-order valence-electron chi connectivity index (χ1n) is 11.3. The molecule has 0 aliphatic heterocycles. The Labute approximate surface area is 216 Å². The van der Waals surface area contributed by atoms with Crippen LogP contribution in [-0.4, -0.2) is 49.4 Å². The van der Waals surface area contributed by atoms with Gasteiger partial charge in [-0.25, -0.2) is 18.6 Å². The van der Waals surface area contributed by atoms with Gasteiger partial charge in [0.15, 0.2) is 5.13 Å². The van der Waals surface area contributed by atoms with Crippen molar-refractivity contribution < 1.29 is 37.7 Å². The first kappa shape index (κ1) is 27.8. The van der Waals surface area contributed by atoms with E-state index in [0.717, 1.165) is 48.1 Å². The van der Waals surface area contributed by atoms with Gasteiger partial charge in [-0.1, -0.05) is 19.1 Å². The molecule has 0 bridgehead atoms. The molecule has 0 saturated heterocycles. The van der Waals surface area contributed by atoms with Crippen molar-refractivity contribution in [2.24, 2.45) is 0 Å². The second kappa shape index (κ2) is 12.9. The van der Waals surface area contributed by atoms with Gasteiger partial charge in [0.1, 0.15) is 17.4 Å². The van der Waals surface area contributed by atoms with E-state index < -0.39 is 34.8 Å². The summed E-state index contributed by atoms with van der Waals surface area (Å²) in [5, 5.41) is 13.5. The first-order valence-corrected chi connectivity index (χ1v) is 12.2. The predicted molar refractivity (Wildman–Crippen MR) is 136 cm³/mol. The third-order valence-corrected chi connectivity index (χ3v) is 5.97. The fourth-order valence-electron chi connectivity index (χ4n) is 3.47. The Bertz CT molecular complexity index is 1280. The lowest BCUT2D eigenvalue weighted by molar-refractivity contribution is -0.135. The molecule has 196 valence electrons. The van der Waals surface area contributed by atoms with Gasteiger partial charge in [0.05, 0.1) is 26.5 Å². The minimum atomic E-state index is -1.49. The van der Waals surface area contributed by atoms with Gasteiger partial charge in [-0.05, 0) is 36.6 Å². The third kappa shape index (κ3) is 6.89. The summed E-state index contributed by atoms with van der Waals surface area (Å²) in [6, 6.07) is 7.28. The number of anilines is 1. The number of aromatic nitrogens is 1. The van der Waals surface area contributed by atoms with Gasteiger partial charge in [-0.2, -0.15) is 0 Å². The van der Waals surface area contributed by atoms with Crippen LogP contribution in [-0.2, 0) is 20.7 Å². The molecule has 3 rings (SSSR count). The second-order valence-corrected chi connectivity index (χ2v) is 8.58. The van der Waals surface area contributed by atoms with E-state index in [1.165, 1.54) is 0 Å². The normalized spacial score (nSPS) is 11.3. The zero-order chi connectivity index (χ0) is 26.9. The molecule has 1 amide bonds. The highest BCUT2D eigenvalue weighted by molar-refractivity contribution is 7.14. The van der Waals surface area contributed by atoms with Crippen molar-refractivity contribution in [2.45, 2.75) is 19.8 Å². The molecule has 3 aromatic rings. The Balaban J connectivity index is 1.79. The van der Waals surface area contributed by atoms with Crippen molar-refractivity contribution >= 4 is 34.4 Å². The predicted octanol–water partition coefficient (Wildman–Crippen LogP) is 5.39. The highest BCUT2D eigenvalue weighted by Gasteiger charge is 2.19. The topological polar surface area (TPSA) is 107 Å². The molecule has 37 heavy (non-hydrogen) atoms. The summed E-state index contributed by atoms with van der Waals surface area (Å²) >= 11 is 1.14. The highest BCUT2D eigenvalue weighted by Crippen LogP contribution is 2.35. The number of nitrogens with zero attached hydrogens (tertiary/aromatic N) is 1. The third-order valence-electron chi connectivity index (χ3n) is 5.21. The molecule has 0 aliphatic carbocycles. The number of hydrogen-bond donors (Lipinski definition) is 2. The quantitative estimate of drug-likeness (QED) is 0.183. The maximum Gasteiger partial charge on any atom is 0.371 e. The van der Waals surface area contributed by atoms with Crippen LogP contribution in [0.3, 0.4) is 0 Å². The highest BCUT2D eigenvalue weighted by atomic mass is 32.1. The average molecular weight is 533 g/mol. The van der Waals surface area contributed by atoms with Crippen molar-refractivity contribution in [1.29, 1.82) is 0 Å². The Kier molecular flexibility index (Phi) is 9.70. The van der Waals surface area contributed by atoms with E-state index in [1.807, 2.05) is 25.1 Å². The van der Waals surface area contributed by atoms with Crippen LogP contribution in [0.25, 0.3) is 17.3 Å². The number of para-hydroxylation sites is 1. The minimum Gasteiger partial charge on any atom is -0.496 e. The summed E-state index contributed by atoms with van der Waals surface area (Å²) < 4.78 is 44.8. The van der Waals surface area contributed by atoms with Crippen LogP contribution < -0.4 is 10.1 Å². The number of hydrogen-bond acceptors (Lipinski definition) is 7. The monoisotopic (exact) mass is 532 g/mol. The Morgan fingerprint density at radius 1 is 1.16 bits per heavy atom. The number of ether oxygens (including phenoxy) is 3. The summed E-state index contributed by atoms with van der Waals surface area (Å²) in [4.78, 5) is 28.1. The minimum absolute atomic E-state index is 0.219. The van der Waals surface area contributed by atoms with E-state index in [9.17, 15) is 18.4 Å². The van der Waals surface area contributed by atoms with Crippen LogP contribution in [0, 0.1) is 11.6 Å². The fraction of sp³-hybridized carbons (Fsp3) is 0.269. The van der Waals surface area contributed by atoms with Gasteiger partial charge in [0.25, 0.3) is 5.91 Å².